The molecule has 2 aromatic carbocycles. The van der Waals surface area contributed by atoms with Gasteiger partial charge in [-0.1, -0.05) is 24.3 Å². The maximum absolute atomic E-state index is 5.30. The Morgan fingerprint density at radius 1 is 0.750 bits per heavy atom. The number of halogens is 2. The molecule has 1 aromatic heterocycles. The third-order valence-electron chi connectivity index (χ3n) is 3.48. The van der Waals surface area contributed by atoms with Crippen molar-refractivity contribution in [3.63, 3.8) is 0 Å². The van der Waals surface area contributed by atoms with E-state index in [1.807, 2.05) is 73.1 Å². The van der Waals surface area contributed by atoms with Gasteiger partial charge >= 0.3 is 33.3 Å². The van der Waals surface area contributed by atoms with E-state index in [0.29, 0.717) is 0 Å². The van der Waals surface area contributed by atoms with Gasteiger partial charge < -0.3 is 9.47 Å². The fraction of sp³-hybridized carbons (Fsp3) is 0.100. The van der Waals surface area contributed by atoms with Gasteiger partial charge in [0.1, 0.15) is 22.9 Å². The number of ether oxygens (including phenoxy) is 2. The summed E-state index contributed by atoms with van der Waals surface area (Å²) < 4.78 is 10.6. The van der Waals surface area contributed by atoms with Gasteiger partial charge in [-0.2, -0.15) is 0 Å². The van der Waals surface area contributed by atoms with Crippen molar-refractivity contribution in [3.8, 4) is 11.5 Å². The molecule has 4 nitrogen and oxygen atoms in total. The van der Waals surface area contributed by atoms with E-state index >= 15 is 0 Å². The summed E-state index contributed by atoms with van der Waals surface area (Å²) in [7, 11) is 12.8. The summed E-state index contributed by atoms with van der Waals surface area (Å²) in [5.74, 6) is 1.52. The molecule has 0 radical (unpaired) electrons. The van der Waals surface area contributed by atoms with Gasteiger partial charge in [0.15, 0.2) is 0 Å². The van der Waals surface area contributed by atoms with Crippen LogP contribution in [-0.4, -0.2) is 26.6 Å². The van der Waals surface area contributed by atoms with Gasteiger partial charge in [0.2, 0.25) is 0 Å². The first-order valence-corrected chi connectivity index (χ1v) is 11.9. The predicted octanol–water partition coefficient (Wildman–Crippen LogP) is 6.64. The molecule has 148 valence electrons. The Kier molecular flexibility index (Phi) is 10.1. The number of aliphatic imine (C=N–C) groups is 2. The zero-order valence-corrected chi connectivity index (χ0v) is 18.6. The summed E-state index contributed by atoms with van der Waals surface area (Å²) in [5, 5.41) is 0. The number of methoxy groups -OCH3 is 2. The number of hydrogen-bond acceptors (Lipinski definition) is 5. The molecule has 1 heterocycles. The number of thiophene rings is 1. The molecule has 28 heavy (non-hydrogen) atoms. The van der Waals surface area contributed by atoms with Gasteiger partial charge in [0.05, 0.1) is 14.2 Å². The number of hydrogen-bond donors (Lipinski definition) is 0. The van der Waals surface area contributed by atoms with E-state index in [-0.39, 0.29) is 13.1 Å². The van der Waals surface area contributed by atoms with E-state index in [1.54, 1.807) is 25.6 Å². The zero-order valence-electron chi connectivity index (χ0n) is 15.2. The second-order valence-corrected chi connectivity index (χ2v) is 8.12. The predicted molar refractivity (Wildman–Crippen MR) is 117 cm³/mol. The molecule has 0 aliphatic carbocycles. The Balaban J connectivity index is 0.000000878. The van der Waals surface area contributed by atoms with E-state index in [4.69, 9.17) is 29.7 Å². The van der Waals surface area contributed by atoms with Crippen LogP contribution in [0.15, 0.2) is 70.6 Å². The standard InChI is InChI=1S/C20H18N2O2S.2ClH.Fe/c1-23-19-9-5-3-7-17(19)21-13-15-11-12-16(25-15)14-22-18-8-4-6-10-20(18)24-2;;;/h3-14H,1-2H3;2*1H;/q;;;+2/p-2. The first kappa shape index (κ1) is 22.5. The maximum atomic E-state index is 5.30. The average molecular weight is 477 g/mol. The molecule has 0 aliphatic rings. The van der Waals surface area contributed by atoms with Crippen LogP contribution >= 0.6 is 31.5 Å². The van der Waals surface area contributed by atoms with E-state index in [2.05, 4.69) is 9.98 Å². The van der Waals surface area contributed by atoms with Gasteiger partial charge in [0, 0.05) is 22.2 Å². The molecule has 3 aromatic rings. The van der Waals surface area contributed by atoms with Crippen molar-refractivity contribution in [2.75, 3.05) is 14.2 Å². The quantitative estimate of drug-likeness (QED) is 0.295. The van der Waals surface area contributed by atoms with Gasteiger partial charge in [-0.25, -0.2) is 0 Å². The second kappa shape index (κ2) is 12.6. The fourth-order valence-electron chi connectivity index (χ4n) is 2.25. The molecular weight excluding hydrogens is 459 g/mol. The van der Waals surface area contributed by atoms with Crippen LogP contribution in [0.5, 0.6) is 11.5 Å². The van der Waals surface area contributed by atoms with Crippen LogP contribution in [0.4, 0.5) is 11.4 Å². The monoisotopic (exact) mass is 476 g/mol. The van der Waals surface area contributed by atoms with Crippen LogP contribution in [-0.2, 0) is 13.1 Å². The third kappa shape index (κ3) is 6.97. The van der Waals surface area contributed by atoms with Crippen LogP contribution in [0, 0.1) is 0 Å². The first-order chi connectivity index (χ1) is 13.7. The molecule has 3 rings (SSSR count). The van der Waals surface area contributed by atoms with Crippen molar-refractivity contribution in [2.45, 2.75) is 0 Å². The molecule has 0 saturated heterocycles. The second-order valence-electron chi connectivity index (χ2n) is 5.15. The number of nitrogens with zero attached hydrogens (tertiary/aromatic N) is 2. The first-order valence-electron chi connectivity index (χ1n) is 8.01. The van der Waals surface area contributed by atoms with Crippen LogP contribution in [0.1, 0.15) is 9.75 Å². The van der Waals surface area contributed by atoms with Crippen molar-refractivity contribution in [1.29, 1.82) is 0 Å². The zero-order chi connectivity index (χ0) is 20.2. The molecule has 0 fully saturated rings. The molecule has 0 aliphatic heterocycles. The van der Waals surface area contributed by atoms with Gasteiger partial charge in [-0.05, 0) is 36.4 Å². The normalized spacial score (nSPS) is 10.9. The molecule has 0 N–H and O–H groups in total. The van der Waals surface area contributed by atoms with E-state index in [0.717, 1.165) is 32.6 Å². The summed E-state index contributed by atoms with van der Waals surface area (Å²) >= 11 is 1.81. The van der Waals surface area contributed by atoms with Crippen LogP contribution in [0.25, 0.3) is 0 Å². The Morgan fingerprint density at radius 2 is 1.14 bits per heavy atom. The topological polar surface area (TPSA) is 43.2 Å². The van der Waals surface area contributed by atoms with Crippen LogP contribution < -0.4 is 9.47 Å². The number of benzene rings is 2. The van der Waals surface area contributed by atoms with E-state index in [1.165, 1.54) is 0 Å². The van der Waals surface area contributed by atoms with Crippen molar-refractivity contribution in [1.82, 2.24) is 0 Å². The molecule has 0 amide bonds. The minimum absolute atomic E-state index is 0.194. The molecule has 0 unspecified atom stereocenters. The van der Waals surface area contributed by atoms with Crippen molar-refractivity contribution in [3.05, 3.63) is 70.4 Å². The molecular formula is C20H18Cl2FeN2O2S. The van der Waals surface area contributed by atoms with Gasteiger partial charge in [0.25, 0.3) is 0 Å². The molecule has 0 spiro atoms. The Labute approximate surface area is 183 Å². The van der Waals surface area contributed by atoms with Crippen molar-refractivity contribution < 1.29 is 22.6 Å². The molecule has 8 heteroatoms. The average Bonchev–Trinajstić information content (AvgIpc) is 3.19. The summed E-state index contributed by atoms with van der Waals surface area (Å²) in [5.41, 5.74) is 1.62. The van der Waals surface area contributed by atoms with Gasteiger partial charge in [-0.15, -0.1) is 11.3 Å². The summed E-state index contributed by atoms with van der Waals surface area (Å²) in [4.78, 5) is 11.1. The van der Waals surface area contributed by atoms with Crippen molar-refractivity contribution >= 4 is 55.3 Å². The summed E-state index contributed by atoms with van der Waals surface area (Å²) in [6.45, 7) is 0. The SMILES string of the molecule is COc1ccccc1N=Cc1ccc(C=Nc2ccccc2OC)s1.[Cl][Fe][Cl]. The van der Waals surface area contributed by atoms with E-state index < -0.39 is 0 Å². The summed E-state index contributed by atoms with van der Waals surface area (Å²) in [6.07, 6.45) is 3.67. The van der Waals surface area contributed by atoms with Crippen LogP contribution in [0.2, 0.25) is 0 Å². The van der Waals surface area contributed by atoms with Crippen LogP contribution in [0.3, 0.4) is 0 Å². The van der Waals surface area contributed by atoms with E-state index in [9.17, 15) is 0 Å². The Bertz CT molecular complexity index is 860. The molecule has 0 saturated carbocycles. The van der Waals surface area contributed by atoms with Gasteiger partial charge in [-0.3, -0.25) is 9.98 Å². The molecule has 0 atom stereocenters. The Hall–Kier alpha value is -1.82. The number of rotatable bonds is 6. The number of para-hydroxylation sites is 4. The minimum atomic E-state index is 0.194. The fourth-order valence-corrected chi connectivity index (χ4v) is 3.00. The third-order valence-corrected chi connectivity index (χ3v) is 4.43. The summed E-state index contributed by atoms with van der Waals surface area (Å²) in [6, 6.07) is 19.4. The molecule has 0 bridgehead atoms. The van der Waals surface area contributed by atoms with Crippen molar-refractivity contribution in [2.24, 2.45) is 9.98 Å². The Morgan fingerprint density at radius 3 is 1.54 bits per heavy atom.